The number of esters is 4. The van der Waals surface area contributed by atoms with Gasteiger partial charge in [0.25, 0.3) is 0 Å². The van der Waals surface area contributed by atoms with Crippen molar-refractivity contribution in [1.29, 1.82) is 0 Å². The van der Waals surface area contributed by atoms with Crippen LogP contribution in [0.5, 0.6) is 0 Å². The van der Waals surface area contributed by atoms with Gasteiger partial charge in [-0.3, -0.25) is 19.2 Å². The molecule has 0 radical (unpaired) electrons. The Hall–Kier alpha value is 0.863. The van der Waals surface area contributed by atoms with Crippen LogP contribution in [0.2, 0.25) is 0 Å². The average molecular weight is 549 g/mol. The number of carbonyl (C=O) groups excluding carboxylic acids is 5. The molecule has 0 amide bonds. The van der Waals surface area contributed by atoms with Gasteiger partial charge in [-0.15, -0.1) is 0 Å². The minimum atomic E-state index is -2.33. The van der Waals surface area contributed by atoms with Crippen molar-refractivity contribution in [1.82, 2.24) is 0 Å². The van der Waals surface area contributed by atoms with Crippen LogP contribution < -0.4 is 113 Å². The predicted octanol–water partition coefficient (Wildman–Crippen LogP) is -7.97. The molecular weight excluding hydrogens is 530 g/mol. The molecule has 1 fully saturated rings. The zero-order valence-electron chi connectivity index (χ0n) is 17.4. The van der Waals surface area contributed by atoms with Crippen LogP contribution in [0.25, 0.3) is 0 Å². The van der Waals surface area contributed by atoms with Gasteiger partial charge in [-0.2, -0.15) is 0 Å². The van der Waals surface area contributed by atoms with E-state index in [0.29, 0.717) is 0 Å². The fourth-order valence-electron chi connectivity index (χ4n) is 2.18. The Morgan fingerprint density at radius 1 is 0.767 bits per heavy atom. The Morgan fingerprint density at radius 2 is 1.13 bits per heavy atom. The zero-order valence-corrected chi connectivity index (χ0v) is 25.2. The van der Waals surface area contributed by atoms with Crippen molar-refractivity contribution in [3.63, 3.8) is 0 Å². The third-order valence-electron chi connectivity index (χ3n) is 2.93. The summed E-state index contributed by atoms with van der Waals surface area (Å²) < 4.78 is 25.9. The van der Waals surface area contributed by atoms with Gasteiger partial charge >= 0.3 is 127 Å². The van der Waals surface area contributed by atoms with Crippen LogP contribution in [-0.4, -0.2) is 66.1 Å². The van der Waals surface area contributed by atoms with Gasteiger partial charge < -0.3 is 38.7 Å². The summed E-state index contributed by atoms with van der Waals surface area (Å²) in [5.74, 6) is -2.52. The second-order valence-electron chi connectivity index (χ2n) is 5.30. The second-order valence-corrected chi connectivity index (χ2v) is 6.20. The van der Waals surface area contributed by atoms with Crippen LogP contribution >= 0.6 is 15.9 Å². The molecule has 0 bridgehead atoms. The van der Waals surface area contributed by atoms with Gasteiger partial charge in [-0.25, -0.2) is 0 Å². The maximum atomic E-state index is 11.4. The van der Waals surface area contributed by atoms with E-state index in [0.717, 1.165) is 13.8 Å². The SMILES string of the molecule is CC(=O)OC[C@H]1O[C@H](Br)[C@H](OC(C)=O)[C@@H](OC(C)=O)[C@@H]1OC(C)=O.O=C([O-])[O-].[K+].[K+]. The number of alkyl halides is 1. The van der Waals surface area contributed by atoms with Crippen molar-refractivity contribution < 1.29 is 161 Å². The molecule has 0 N–H and O–H groups in total. The largest absolute Gasteiger partial charge is 1.00 e. The summed E-state index contributed by atoms with van der Waals surface area (Å²) in [5.41, 5.74) is 0. The summed E-state index contributed by atoms with van der Waals surface area (Å²) in [6, 6.07) is 0. The van der Waals surface area contributed by atoms with E-state index >= 15 is 0 Å². The van der Waals surface area contributed by atoms with Gasteiger partial charge in [0.15, 0.2) is 23.3 Å². The Kier molecular flexibility index (Phi) is 21.6. The molecule has 0 unspecified atom stereocenters. The van der Waals surface area contributed by atoms with Gasteiger partial charge in [0.1, 0.15) is 12.7 Å². The van der Waals surface area contributed by atoms with E-state index in [4.69, 9.17) is 38.7 Å². The molecule has 0 saturated carbocycles. The average Bonchev–Trinajstić information content (AvgIpc) is 2.50. The Bertz CT molecular complexity index is 598. The summed E-state index contributed by atoms with van der Waals surface area (Å²) in [6.07, 6.45) is -6.56. The van der Waals surface area contributed by atoms with E-state index in [1.165, 1.54) is 13.8 Å². The second kappa shape index (κ2) is 18.3. The van der Waals surface area contributed by atoms with E-state index in [9.17, 15) is 19.2 Å². The van der Waals surface area contributed by atoms with Crippen molar-refractivity contribution in [3.8, 4) is 0 Å². The van der Waals surface area contributed by atoms with Crippen molar-refractivity contribution in [2.45, 2.75) is 57.1 Å². The van der Waals surface area contributed by atoms with E-state index in [1.54, 1.807) is 0 Å². The molecular formula is C15H19BrK2O12. The van der Waals surface area contributed by atoms with Crippen LogP contribution in [0.3, 0.4) is 0 Å². The van der Waals surface area contributed by atoms with Crippen LogP contribution in [0, 0.1) is 0 Å². The van der Waals surface area contributed by atoms with Gasteiger partial charge in [-0.1, -0.05) is 15.9 Å². The van der Waals surface area contributed by atoms with Crippen molar-refractivity contribution in [2.24, 2.45) is 0 Å². The van der Waals surface area contributed by atoms with Crippen molar-refractivity contribution >= 4 is 46.0 Å². The van der Waals surface area contributed by atoms with Gasteiger partial charge in [-0.05, 0) is 6.16 Å². The smallest absolute Gasteiger partial charge is 0.652 e. The molecule has 15 heteroatoms. The molecule has 0 aliphatic carbocycles. The van der Waals surface area contributed by atoms with E-state index < -0.39 is 59.5 Å². The van der Waals surface area contributed by atoms with Gasteiger partial charge in [0.05, 0.1) is 0 Å². The summed E-state index contributed by atoms with van der Waals surface area (Å²) in [4.78, 5) is 53.4. The number of hydrogen-bond donors (Lipinski definition) is 0. The molecule has 1 aliphatic heterocycles. The van der Waals surface area contributed by atoms with Crippen LogP contribution in [0.1, 0.15) is 27.7 Å². The maximum absolute atomic E-state index is 11.4. The molecule has 1 heterocycles. The maximum Gasteiger partial charge on any atom is 1.00 e. The summed E-state index contributed by atoms with van der Waals surface area (Å²) in [6.45, 7) is 4.47. The molecule has 0 aromatic heterocycles. The first-order valence-corrected chi connectivity index (χ1v) is 8.59. The fourth-order valence-corrected chi connectivity index (χ4v) is 2.86. The summed E-state index contributed by atoms with van der Waals surface area (Å²) >= 11 is 3.18. The number of carboxylic acid groups (broad SMARTS) is 2. The normalized spacial score (nSPS) is 24.2. The molecule has 5 atom stereocenters. The molecule has 160 valence electrons. The van der Waals surface area contributed by atoms with Crippen molar-refractivity contribution in [3.05, 3.63) is 0 Å². The third-order valence-corrected chi connectivity index (χ3v) is 3.67. The number of hydrogen-bond acceptors (Lipinski definition) is 12. The molecule has 0 aromatic rings. The van der Waals surface area contributed by atoms with Gasteiger partial charge in [0.2, 0.25) is 0 Å². The molecule has 30 heavy (non-hydrogen) atoms. The molecule has 0 aromatic carbocycles. The topological polar surface area (TPSA) is 178 Å². The first kappa shape index (κ1) is 35.5. The number of ether oxygens (including phenoxy) is 5. The Balaban J connectivity index is -0.00000111. The fraction of sp³-hybridized carbons (Fsp3) is 0.667. The summed E-state index contributed by atoms with van der Waals surface area (Å²) in [7, 11) is 0. The molecule has 12 nitrogen and oxygen atoms in total. The standard InChI is InChI=1S/C14H19BrO9.CH2O3.2K/c1-6(16)20-5-10-11(21-7(2)17)12(22-8(3)18)13(14(15)24-10)23-9(4)19;2-1(3)4;;/h10-14H,5H2,1-4H3;(H2,2,3,4);;/q;;2*+1/p-2/t10-,11-,12+,13-,14+;;;/m1.../s1. The van der Waals surface area contributed by atoms with Crippen LogP contribution in [0.4, 0.5) is 4.79 Å². The summed E-state index contributed by atoms with van der Waals surface area (Å²) in [5, 5.41) is 15.8. The first-order valence-electron chi connectivity index (χ1n) is 7.67. The van der Waals surface area contributed by atoms with Gasteiger partial charge in [0, 0.05) is 27.7 Å². The third kappa shape index (κ3) is 15.6. The minimum absolute atomic E-state index is 0. The molecule has 0 spiro atoms. The van der Waals surface area contributed by atoms with E-state index in [1.807, 2.05) is 0 Å². The van der Waals surface area contributed by atoms with Crippen LogP contribution in [-0.2, 0) is 42.9 Å². The van der Waals surface area contributed by atoms with Crippen LogP contribution in [0.15, 0.2) is 0 Å². The Morgan fingerprint density at radius 3 is 1.50 bits per heavy atom. The molecule has 1 rings (SSSR count). The van der Waals surface area contributed by atoms with Crippen molar-refractivity contribution in [2.75, 3.05) is 6.61 Å². The first-order chi connectivity index (χ1) is 12.8. The number of carbonyl (C=O) groups is 5. The van der Waals surface area contributed by atoms with E-state index in [-0.39, 0.29) is 109 Å². The monoisotopic (exact) mass is 548 g/mol. The number of halogens is 1. The number of rotatable bonds is 5. The van der Waals surface area contributed by atoms with E-state index in [2.05, 4.69) is 15.9 Å². The predicted molar refractivity (Wildman–Crippen MR) is 86.3 cm³/mol. The minimum Gasteiger partial charge on any atom is -0.652 e. The quantitative estimate of drug-likeness (QED) is 0.137. The Labute approximate surface area is 266 Å². The molecule has 1 aliphatic rings. The molecule has 1 saturated heterocycles. The zero-order chi connectivity index (χ0) is 22.0.